The number of anilines is 1. The molecule has 0 saturated carbocycles. The zero-order valence-corrected chi connectivity index (χ0v) is 9.92. The average molecular weight is 224 g/mol. The van der Waals surface area contributed by atoms with E-state index in [1.165, 1.54) is 0 Å². The largest absolute Gasteiger partial charge is 0.330 e. The molecule has 1 rings (SSSR count). The van der Waals surface area contributed by atoms with E-state index >= 15 is 0 Å². The summed E-state index contributed by atoms with van der Waals surface area (Å²) in [6.45, 7) is 4.69. The van der Waals surface area contributed by atoms with Crippen molar-refractivity contribution in [1.82, 2.24) is 10.2 Å². The van der Waals surface area contributed by atoms with Crippen LogP contribution in [0.3, 0.4) is 0 Å². The molecule has 0 saturated heterocycles. The third-order valence-corrected chi connectivity index (χ3v) is 2.55. The van der Waals surface area contributed by atoms with E-state index in [1.807, 2.05) is 19.9 Å². The van der Waals surface area contributed by atoms with Gasteiger partial charge in [0.2, 0.25) is 5.91 Å². The first-order valence-corrected chi connectivity index (χ1v) is 5.69. The van der Waals surface area contributed by atoms with Gasteiger partial charge in [0.15, 0.2) is 5.82 Å². The summed E-state index contributed by atoms with van der Waals surface area (Å²) < 4.78 is 0. The SMILES string of the molecule is CCc1cc(NC(=O)CCC(C)CN)n[nH]1. The van der Waals surface area contributed by atoms with Crippen molar-refractivity contribution in [3.05, 3.63) is 11.8 Å². The summed E-state index contributed by atoms with van der Waals surface area (Å²) in [5, 5.41) is 9.60. The lowest BCUT2D eigenvalue weighted by molar-refractivity contribution is -0.116. The van der Waals surface area contributed by atoms with Gasteiger partial charge in [-0.15, -0.1) is 0 Å². The first-order valence-electron chi connectivity index (χ1n) is 5.69. The van der Waals surface area contributed by atoms with Crippen LogP contribution in [0.25, 0.3) is 0 Å². The molecule has 0 aliphatic carbocycles. The molecule has 1 unspecified atom stereocenters. The van der Waals surface area contributed by atoms with E-state index < -0.39 is 0 Å². The minimum absolute atomic E-state index is 0.00514. The molecule has 90 valence electrons. The number of carbonyl (C=O) groups is 1. The van der Waals surface area contributed by atoms with Crippen LogP contribution in [-0.4, -0.2) is 22.6 Å². The van der Waals surface area contributed by atoms with E-state index in [1.54, 1.807) is 0 Å². The molecular weight excluding hydrogens is 204 g/mol. The Morgan fingerprint density at radius 3 is 3.00 bits per heavy atom. The fraction of sp³-hybridized carbons (Fsp3) is 0.636. The van der Waals surface area contributed by atoms with Gasteiger partial charge in [-0.2, -0.15) is 5.10 Å². The fourth-order valence-electron chi connectivity index (χ4n) is 1.31. The molecule has 0 fully saturated rings. The highest BCUT2D eigenvalue weighted by molar-refractivity contribution is 5.89. The summed E-state index contributed by atoms with van der Waals surface area (Å²) in [7, 11) is 0. The number of hydrogen-bond donors (Lipinski definition) is 3. The van der Waals surface area contributed by atoms with Gasteiger partial charge in [0.1, 0.15) is 0 Å². The monoisotopic (exact) mass is 224 g/mol. The van der Waals surface area contributed by atoms with Gasteiger partial charge < -0.3 is 11.1 Å². The molecule has 0 spiro atoms. The van der Waals surface area contributed by atoms with Crippen molar-refractivity contribution in [2.45, 2.75) is 33.1 Å². The van der Waals surface area contributed by atoms with Crippen molar-refractivity contribution in [3.63, 3.8) is 0 Å². The van der Waals surface area contributed by atoms with Crippen LogP contribution < -0.4 is 11.1 Å². The minimum atomic E-state index is -0.00514. The van der Waals surface area contributed by atoms with Crippen molar-refractivity contribution < 1.29 is 4.79 Å². The number of aryl methyl sites for hydroxylation is 1. The van der Waals surface area contributed by atoms with Crippen LogP contribution in [0, 0.1) is 5.92 Å². The Balaban J connectivity index is 2.33. The third-order valence-electron chi connectivity index (χ3n) is 2.55. The second-order valence-electron chi connectivity index (χ2n) is 4.06. The highest BCUT2D eigenvalue weighted by Gasteiger charge is 2.07. The van der Waals surface area contributed by atoms with Gasteiger partial charge in [0, 0.05) is 18.2 Å². The van der Waals surface area contributed by atoms with Gasteiger partial charge in [0.05, 0.1) is 0 Å². The van der Waals surface area contributed by atoms with Crippen LogP contribution >= 0.6 is 0 Å². The Kier molecular flexibility index (Phi) is 4.98. The Morgan fingerprint density at radius 2 is 2.44 bits per heavy atom. The van der Waals surface area contributed by atoms with Crippen LogP contribution in [-0.2, 0) is 11.2 Å². The van der Waals surface area contributed by atoms with Gasteiger partial charge in [-0.3, -0.25) is 9.89 Å². The van der Waals surface area contributed by atoms with Crippen LogP contribution in [0.5, 0.6) is 0 Å². The predicted molar refractivity (Wildman–Crippen MR) is 64.0 cm³/mol. The Morgan fingerprint density at radius 1 is 1.69 bits per heavy atom. The second kappa shape index (κ2) is 6.27. The van der Waals surface area contributed by atoms with Gasteiger partial charge >= 0.3 is 0 Å². The first-order chi connectivity index (χ1) is 7.65. The lowest BCUT2D eigenvalue weighted by Crippen LogP contribution is -2.16. The summed E-state index contributed by atoms with van der Waals surface area (Å²) in [6.07, 6.45) is 2.19. The molecule has 1 atom stereocenters. The first kappa shape index (κ1) is 12.7. The number of amides is 1. The smallest absolute Gasteiger partial charge is 0.225 e. The summed E-state index contributed by atoms with van der Waals surface area (Å²) in [5.41, 5.74) is 6.50. The van der Waals surface area contributed by atoms with Crippen molar-refractivity contribution in [3.8, 4) is 0 Å². The highest BCUT2D eigenvalue weighted by atomic mass is 16.1. The van der Waals surface area contributed by atoms with E-state index in [4.69, 9.17) is 5.73 Å². The molecule has 1 heterocycles. The van der Waals surface area contributed by atoms with E-state index in [-0.39, 0.29) is 5.91 Å². The van der Waals surface area contributed by atoms with E-state index in [9.17, 15) is 4.79 Å². The second-order valence-corrected chi connectivity index (χ2v) is 4.06. The standard InChI is InChI=1S/C11H20N4O/c1-3-9-6-10(15-14-9)13-11(16)5-4-8(2)7-12/h6,8H,3-5,7,12H2,1-2H3,(H2,13,14,15,16). The van der Waals surface area contributed by atoms with E-state index in [0.29, 0.717) is 24.7 Å². The number of hydrogen-bond acceptors (Lipinski definition) is 3. The summed E-state index contributed by atoms with van der Waals surface area (Å²) >= 11 is 0. The molecule has 1 amide bonds. The van der Waals surface area contributed by atoms with Crippen molar-refractivity contribution >= 4 is 11.7 Å². The molecule has 0 bridgehead atoms. The number of nitrogens with zero attached hydrogens (tertiary/aromatic N) is 1. The van der Waals surface area contributed by atoms with Crippen molar-refractivity contribution in [2.24, 2.45) is 11.7 Å². The molecule has 1 aromatic rings. The molecule has 5 heteroatoms. The highest BCUT2D eigenvalue weighted by Crippen LogP contribution is 2.08. The topological polar surface area (TPSA) is 83.8 Å². The number of rotatable bonds is 6. The molecule has 0 aromatic carbocycles. The number of aromatic amines is 1. The van der Waals surface area contributed by atoms with Gasteiger partial charge in [0.25, 0.3) is 0 Å². The van der Waals surface area contributed by atoms with Crippen LogP contribution in [0.1, 0.15) is 32.4 Å². The van der Waals surface area contributed by atoms with Crippen molar-refractivity contribution in [1.29, 1.82) is 0 Å². The predicted octanol–water partition coefficient (Wildman–Crippen LogP) is 1.29. The maximum atomic E-state index is 11.5. The van der Waals surface area contributed by atoms with Gasteiger partial charge in [-0.05, 0) is 25.3 Å². The van der Waals surface area contributed by atoms with Crippen LogP contribution in [0.2, 0.25) is 0 Å². The minimum Gasteiger partial charge on any atom is -0.330 e. The molecule has 0 aliphatic rings. The molecule has 5 nitrogen and oxygen atoms in total. The van der Waals surface area contributed by atoms with Crippen LogP contribution in [0.4, 0.5) is 5.82 Å². The number of H-pyrrole nitrogens is 1. The number of carbonyl (C=O) groups excluding carboxylic acids is 1. The zero-order valence-electron chi connectivity index (χ0n) is 9.92. The van der Waals surface area contributed by atoms with Crippen molar-refractivity contribution in [2.75, 3.05) is 11.9 Å². The lowest BCUT2D eigenvalue weighted by atomic mass is 10.1. The lowest BCUT2D eigenvalue weighted by Gasteiger charge is -2.06. The normalized spacial score (nSPS) is 12.4. The van der Waals surface area contributed by atoms with Crippen LogP contribution in [0.15, 0.2) is 6.07 Å². The Labute approximate surface area is 95.8 Å². The molecule has 16 heavy (non-hydrogen) atoms. The fourth-order valence-corrected chi connectivity index (χ4v) is 1.31. The maximum Gasteiger partial charge on any atom is 0.225 e. The Bertz CT molecular complexity index is 334. The molecule has 0 radical (unpaired) electrons. The summed E-state index contributed by atoms with van der Waals surface area (Å²) in [5.74, 6) is 0.979. The quantitative estimate of drug-likeness (QED) is 0.680. The summed E-state index contributed by atoms with van der Waals surface area (Å²) in [6, 6.07) is 1.85. The molecule has 1 aromatic heterocycles. The zero-order chi connectivity index (χ0) is 12.0. The maximum absolute atomic E-state index is 11.5. The Hall–Kier alpha value is -1.36. The molecular formula is C11H20N4O. The number of nitrogens with one attached hydrogen (secondary N) is 2. The number of nitrogens with two attached hydrogens (primary N) is 1. The van der Waals surface area contributed by atoms with Gasteiger partial charge in [-0.1, -0.05) is 13.8 Å². The number of aromatic nitrogens is 2. The molecule has 0 aliphatic heterocycles. The summed E-state index contributed by atoms with van der Waals surface area (Å²) in [4.78, 5) is 11.5. The average Bonchev–Trinajstić information content (AvgIpc) is 2.73. The van der Waals surface area contributed by atoms with E-state index in [2.05, 4.69) is 15.5 Å². The van der Waals surface area contributed by atoms with Gasteiger partial charge in [-0.25, -0.2) is 0 Å². The molecule has 4 N–H and O–H groups in total. The third kappa shape index (κ3) is 4.02. The van der Waals surface area contributed by atoms with E-state index in [0.717, 1.165) is 18.5 Å².